The van der Waals surface area contributed by atoms with E-state index >= 15 is 0 Å². The van der Waals surface area contributed by atoms with E-state index in [9.17, 15) is 0 Å². The normalized spacial score (nSPS) is 17.5. The van der Waals surface area contributed by atoms with E-state index in [4.69, 9.17) is 9.97 Å². The molecule has 36 heavy (non-hydrogen) atoms. The molecular weight excluding hydrogens is 442 g/mol. The number of para-hydroxylation sites is 1. The van der Waals surface area contributed by atoms with Crippen LogP contribution in [0.5, 0.6) is 0 Å². The first kappa shape index (κ1) is 24.0. The summed E-state index contributed by atoms with van der Waals surface area (Å²) in [5.74, 6) is 1.69. The second-order valence-electron chi connectivity index (χ2n) is 9.73. The number of aromatic nitrogens is 2. The molecule has 0 bridgehead atoms. The summed E-state index contributed by atoms with van der Waals surface area (Å²) < 4.78 is 0. The Hall–Kier alpha value is -3.70. The number of anilines is 2. The second-order valence-corrected chi connectivity index (χ2v) is 9.73. The van der Waals surface area contributed by atoms with E-state index in [-0.39, 0.29) is 0 Å². The molecule has 2 N–H and O–H groups in total. The van der Waals surface area contributed by atoms with Gasteiger partial charge in [0, 0.05) is 38.1 Å². The van der Waals surface area contributed by atoms with Gasteiger partial charge in [-0.2, -0.15) is 4.98 Å². The summed E-state index contributed by atoms with van der Waals surface area (Å²) in [6, 6.07) is 30.5. The highest BCUT2D eigenvalue weighted by Gasteiger charge is 2.22. The van der Waals surface area contributed by atoms with Gasteiger partial charge in [0.25, 0.3) is 0 Å². The van der Waals surface area contributed by atoms with Crippen molar-refractivity contribution in [2.75, 3.05) is 30.9 Å². The maximum absolute atomic E-state index is 4.82. The van der Waals surface area contributed by atoms with Gasteiger partial charge in [-0.25, -0.2) is 4.98 Å². The zero-order valence-electron chi connectivity index (χ0n) is 21.2. The fourth-order valence-corrected chi connectivity index (χ4v) is 5.06. The molecule has 1 heterocycles. The van der Waals surface area contributed by atoms with Crippen LogP contribution in [-0.4, -0.2) is 42.7 Å². The van der Waals surface area contributed by atoms with Crippen LogP contribution in [0.1, 0.15) is 36.8 Å². The zero-order valence-corrected chi connectivity index (χ0v) is 21.2. The summed E-state index contributed by atoms with van der Waals surface area (Å²) in [5.41, 5.74) is 4.77. The van der Waals surface area contributed by atoms with E-state index in [1.54, 1.807) is 0 Å². The van der Waals surface area contributed by atoms with Crippen LogP contribution in [-0.2, 0) is 0 Å². The van der Waals surface area contributed by atoms with Crippen LogP contribution in [0.4, 0.5) is 11.8 Å². The van der Waals surface area contributed by atoms with Crippen molar-refractivity contribution < 1.29 is 0 Å². The molecule has 0 saturated heterocycles. The van der Waals surface area contributed by atoms with Crippen molar-refractivity contribution in [2.45, 2.75) is 37.8 Å². The molecule has 0 spiro atoms. The fraction of sp³-hybridized carbons (Fsp3) is 0.290. The number of benzene rings is 3. The van der Waals surface area contributed by atoms with E-state index in [0.29, 0.717) is 12.1 Å². The third-order valence-corrected chi connectivity index (χ3v) is 6.95. The Labute approximate surface area is 214 Å². The predicted octanol–water partition coefficient (Wildman–Crippen LogP) is 6.14. The number of hydrogen-bond acceptors (Lipinski definition) is 5. The first-order valence-electron chi connectivity index (χ1n) is 12.9. The van der Waals surface area contributed by atoms with Gasteiger partial charge in [-0.3, -0.25) is 0 Å². The van der Waals surface area contributed by atoms with Gasteiger partial charge >= 0.3 is 0 Å². The van der Waals surface area contributed by atoms with Crippen molar-refractivity contribution in [3.05, 3.63) is 102 Å². The molecular formula is C31H35N5. The van der Waals surface area contributed by atoms with Crippen LogP contribution in [0.25, 0.3) is 16.5 Å². The molecule has 1 aliphatic carbocycles. The van der Waals surface area contributed by atoms with Gasteiger partial charge in [-0.05, 0) is 54.5 Å². The average molecular weight is 478 g/mol. The number of nitrogens with zero attached hydrogens (tertiary/aromatic N) is 3. The van der Waals surface area contributed by atoms with Crippen molar-refractivity contribution >= 4 is 28.2 Å². The zero-order chi connectivity index (χ0) is 24.7. The minimum absolute atomic E-state index is 0.402. The van der Waals surface area contributed by atoms with Crippen LogP contribution >= 0.6 is 0 Å². The third-order valence-electron chi connectivity index (χ3n) is 6.95. The minimum Gasteiger partial charge on any atom is -0.362 e. The molecule has 0 aliphatic heterocycles. The average Bonchev–Trinajstić information content (AvgIpc) is 2.92. The van der Waals surface area contributed by atoms with Gasteiger partial charge < -0.3 is 15.5 Å². The molecule has 1 aromatic heterocycles. The van der Waals surface area contributed by atoms with Crippen LogP contribution in [0.15, 0.2) is 91.0 Å². The molecule has 3 aromatic carbocycles. The standard InChI is InChI=1S/C31H35N5/c1-36(2)30-28-15-9-10-16-29(28)34-31(35-30)33-26-19-17-25(18-20-26)32-22-21-27(23-11-5-3-6-12-23)24-13-7-4-8-14-24/h3-16,21,25-26,32H,17-20,22H2,1-2H3,(H,33,34,35). The fourth-order valence-electron chi connectivity index (χ4n) is 5.06. The summed E-state index contributed by atoms with van der Waals surface area (Å²) in [7, 11) is 4.07. The molecule has 184 valence electrons. The topological polar surface area (TPSA) is 53.1 Å². The van der Waals surface area contributed by atoms with Gasteiger partial charge in [0.2, 0.25) is 5.95 Å². The lowest BCUT2D eigenvalue weighted by Gasteiger charge is -2.30. The van der Waals surface area contributed by atoms with Crippen LogP contribution in [0.2, 0.25) is 0 Å². The summed E-state index contributed by atoms with van der Waals surface area (Å²) in [5, 5.41) is 8.48. The van der Waals surface area contributed by atoms with Crippen molar-refractivity contribution in [1.82, 2.24) is 15.3 Å². The predicted molar refractivity (Wildman–Crippen MR) is 151 cm³/mol. The molecule has 0 atom stereocenters. The SMILES string of the molecule is CN(C)c1nc(NC2CCC(NCC=C(c3ccccc3)c3ccccc3)CC2)nc2ccccc12. The van der Waals surface area contributed by atoms with E-state index in [1.807, 2.05) is 26.2 Å². The largest absolute Gasteiger partial charge is 0.362 e. The molecule has 1 saturated carbocycles. The maximum atomic E-state index is 4.82. The Morgan fingerprint density at radius 2 is 1.36 bits per heavy atom. The first-order valence-corrected chi connectivity index (χ1v) is 12.9. The van der Waals surface area contributed by atoms with Crippen molar-refractivity contribution in [1.29, 1.82) is 0 Å². The molecule has 0 radical (unpaired) electrons. The second kappa shape index (κ2) is 11.4. The van der Waals surface area contributed by atoms with Crippen molar-refractivity contribution in [3.63, 3.8) is 0 Å². The van der Waals surface area contributed by atoms with E-state index in [1.165, 1.54) is 16.7 Å². The Bertz CT molecular complexity index is 1250. The molecule has 5 heteroatoms. The first-order chi connectivity index (χ1) is 17.7. The molecule has 4 aromatic rings. The van der Waals surface area contributed by atoms with Gasteiger partial charge in [0.1, 0.15) is 5.82 Å². The van der Waals surface area contributed by atoms with Gasteiger partial charge in [-0.1, -0.05) is 78.9 Å². The summed E-state index contributed by atoms with van der Waals surface area (Å²) in [6.45, 7) is 0.863. The van der Waals surface area contributed by atoms with Crippen LogP contribution in [0.3, 0.4) is 0 Å². The van der Waals surface area contributed by atoms with Gasteiger partial charge in [0.05, 0.1) is 5.52 Å². The molecule has 0 amide bonds. The molecule has 1 aliphatic rings. The van der Waals surface area contributed by atoms with Crippen LogP contribution < -0.4 is 15.5 Å². The molecule has 5 nitrogen and oxygen atoms in total. The smallest absolute Gasteiger partial charge is 0.225 e. The quantitative estimate of drug-likeness (QED) is 0.319. The lowest BCUT2D eigenvalue weighted by atomic mass is 9.91. The summed E-state index contributed by atoms with van der Waals surface area (Å²) >= 11 is 0. The minimum atomic E-state index is 0.402. The molecule has 5 rings (SSSR count). The number of fused-ring (bicyclic) bond motifs is 1. The Morgan fingerprint density at radius 3 is 2.00 bits per heavy atom. The highest BCUT2D eigenvalue weighted by molar-refractivity contribution is 5.90. The number of hydrogen-bond donors (Lipinski definition) is 2. The Balaban J connectivity index is 1.19. The number of rotatable bonds is 8. The summed E-state index contributed by atoms with van der Waals surface area (Å²) in [6.07, 6.45) is 6.84. The van der Waals surface area contributed by atoms with Crippen molar-refractivity contribution in [2.24, 2.45) is 0 Å². The number of nitrogens with one attached hydrogen (secondary N) is 2. The monoisotopic (exact) mass is 477 g/mol. The highest BCUT2D eigenvalue weighted by Crippen LogP contribution is 2.27. The van der Waals surface area contributed by atoms with Crippen molar-refractivity contribution in [3.8, 4) is 0 Å². The Morgan fingerprint density at radius 1 is 0.778 bits per heavy atom. The van der Waals surface area contributed by atoms with E-state index in [2.05, 4.69) is 94.4 Å². The van der Waals surface area contributed by atoms with Crippen LogP contribution in [0, 0.1) is 0 Å². The Kier molecular flexibility index (Phi) is 7.58. The van der Waals surface area contributed by atoms with Gasteiger partial charge in [-0.15, -0.1) is 0 Å². The molecule has 0 unspecified atom stereocenters. The van der Waals surface area contributed by atoms with Gasteiger partial charge in [0.15, 0.2) is 0 Å². The lowest BCUT2D eigenvalue weighted by molar-refractivity contribution is 0.363. The summed E-state index contributed by atoms with van der Waals surface area (Å²) in [4.78, 5) is 11.7. The third kappa shape index (κ3) is 5.74. The highest BCUT2D eigenvalue weighted by atomic mass is 15.2. The van der Waals surface area contributed by atoms with E-state index < -0.39 is 0 Å². The lowest BCUT2D eigenvalue weighted by Crippen LogP contribution is -2.37. The maximum Gasteiger partial charge on any atom is 0.225 e. The molecule has 1 fully saturated rings. The van der Waals surface area contributed by atoms with E-state index in [0.717, 1.165) is 54.9 Å².